The van der Waals surface area contributed by atoms with E-state index in [9.17, 15) is 0 Å². The highest BCUT2D eigenvalue weighted by Crippen LogP contribution is 2.18. The van der Waals surface area contributed by atoms with Crippen molar-refractivity contribution in [1.29, 1.82) is 0 Å². The summed E-state index contributed by atoms with van der Waals surface area (Å²) in [6.07, 6.45) is 7.81. The molecule has 5 nitrogen and oxygen atoms in total. The molecule has 0 aliphatic carbocycles. The molecule has 2 rings (SSSR count). The number of hydrogen-bond acceptors (Lipinski definition) is 5. The lowest BCUT2D eigenvalue weighted by Gasteiger charge is -2.21. The van der Waals surface area contributed by atoms with Crippen LogP contribution in [0.15, 0.2) is 12.4 Å². The van der Waals surface area contributed by atoms with E-state index in [1.807, 2.05) is 6.07 Å². The highest BCUT2D eigenvalue weighted by Gasteiger charge is 2.11. The zero-order valence-corrected chi connectivity index (χ0v) is 10.9. The highest BCUT2D eigenvalue weighted by molar-refractivity contribution is 5.48. The molecule has 0 spiro atoms. The van der Waals surface area contributed by atoms with Gasteiger partial charge in [0.15, 0.2) is 0 Å². The van der Waals surface area contributed by atoms with E-state index in [0.29, 0.717) is 6.54 Å². The third-order valence-electron chi connectivity index (χ3n) is 3.27. The maximum absolute atomic E-state index is 5.48. The van der Waals surface area contributed by atoms with Crippen molar-refractivity contribution in [3.8, 4) is 0 Å². The molecule has 100 valence electrons. The van der Waals surface area contributed by atoms with Gasteiger partial charge in [-0.1, -0.05) is 12.8 Å². The molecule has 5 heteroatoms. The van der Waals surface area contributed by atoms with Crippen LogP contribution in [0.4, 0.5) is 11.6 Å². The van der Waals surface area contributed by atoms with E-state index in [-0.39, 0.29) is 0 Å². The molecule has 0 aromatic carbocycles. The standard InChI is InChI=1S/C13H23N5/c14-6-5-7-15-12-10-13(17-11-16-12)18-8-3-1-2-4-9-18/h10-11H,1-9,14H2,(H,15,16,17). The average Bonchev–Trinajstić information content (AvgIpc) is 2.68. The van der Waals surface area contributed by atoms with E-state index < -0.39 is 0 Å². The summed E-state index contributed by atoms with van der Waals surface area (Å²) in [5.74, 6) is 1.94. The van der Waals surface area contributed by atoms with E-state index in [1.165, 1.54) is 25.7 Å². The van der Waals surface area contributed by atoms with Crippen LogP contribution in [0.1, 0.15) is 32.1 Å². The maximum Gasteiger partial charge on any atom is 0.134 e. The second-order valence-electron chi connectivity index (χ2n) is 4.73. The van der Waals surface area contributed by atoms with Crippen LogP contribution < -0.4 is 16.0 Å². The summed E-state index contributed by atoms with van der Waals surface area (Å²) in [7, 11) is 0. The predicted octanol–water partition coefficient (Wildman–Crippen LogP) is 1.62. The zero-order chi connectivity index (χ0) is 12.6. The van der Waals surface area contributed by atoms with Gasteiger partial charge in [0, 0.05) is 25.7 Å². The van der Waals surface area contributed by atoms with Gasteiger partial charge in [-0.15, -0.1) is 0 Å². The Morgan fingerprint density at radius 2 is 1.94 bits per heavy atom. The van der Waals surface area contributed by atoms with Crippen LogP contribution >= 0.6 is 0 Å². The Bertz CT molecular complexity index is 347. The van der Waals surface area contributed by atoms with Gasteiger partial charge in [0.2, 0.25) is 0 Å². The molecule has 1 aromatic rings. The Morgan fingerprint density at radius 3 is 2.67 bits per heavy atom. The van der Waals surface area contributed by atoms with Crippen molar-refractivity contribution in [2.24, 2.45) is 5.73 Å². The van der Waals surface area contributed by atoms with Crippen molar-refractivity contribution in [2.45, 2.75) is 32.1 Å². The molecule has 1 aliphatic heterocycles. The van der Waals surface area contributed by atoms with Crippen LogP contribution in [0.25, 0.3) is 0 Å². The van der Waals surface area contributed by atoms with Gasteiger partial charge in [0.05, 0.1) is 0 Å². The van der Waals surface area contributed by atoms with Crippen LogP contribution in [-0.4, -0.2) is 36.1 Å². The fourth-order valence-corrected chi connectivity index (χ4v) is 2.23. The topological polar surface area (TPSA) is 67.1 Å². The molecule has 2 heterocycles. The molecule has 1 aromatic heterocycles. The van der Waals surface area contributed by atoms with Gasteiger partial charge >= 0.3 is 0 Å². The lowest BCUT2D eigenvalue weighted by Crippen LogP contribution is -2.25. The van der Waals surface area contributed by atoms with Gasteiger partial charge in [0.25, 0.3) is 0 Å². The summed E-state index contributed by atoms with van der Waals surface area (Å²) >= 11 is 0. The van der Waals surface area contributed by atoms with Gasteiger partial charge in [-0.25, -0.2) is 9.97 Å². The first-order valence-corrected chi connectivity index (χ1v) is 6.91. The smallest absolute Gasteiger partial charge is 0.134 e. The van der Waals surface area contributed by atoms with Crippen molar-refractivity contribution < 1.29 is 0 Å². The Balaban J connectivity index is 1.96. The van der Waals surface area contributed by atoms with Crippen molar-refractivity contribution in [2.75, 3.05) is 36.4 Å². The highest BCUT2D eigenvalue weighted by atomic mass is 15.2. The molecule has 0 bridgehead atoms. The monoisotopic (exact) mass is 249 g/mol. The molecule has 0 atom stereocenters. The van der Waals surface area contributed by atoms with E-state index in [1.54, 1.807) is 6.33 Å². The Kier molecular flexibility index (Phi) is 5.20. The maximum atomic E-state index is 5.48. The van der Waals surface area contributed by atoms with Crippen molar-refractivity contribution >= 4 is 11.6 Å². The summed E-state index contributed by atoms with van der Waals surface area (Å²) in [6.45, 7) is 3.79. The second-order valence-corrected chi connectivity index (χ2v) is 4.73. The van der Waals surface area contributed by atoms with Crippen LogP contribution in [-0.2, 0) is 0 Å². The molecule has 18 heavy (non-hydrogen) atoms. The van der Waals surface area contributed by atoms with Gasteiger partial charge < -0.3 is 16.0 Å². The zero-order valence-electron chi connectivity index (χ0n) is 10.9. The SMILES string of the molecule is NCCCNc1cc(N2CCCCCC2)ncn1. The lowest BCUT2D eigenvalue weighted by atomic mass is 10.2. The predicted molar refractivity (Wildman–Crippen MR) is 74.9 cm³/mol. The van der Waals surface area contributed by atoms with Crippen LogP contribution in [0.2, 0.25) is 0 Å². The van der Waals surface area contributed by atoms with Gasteiger partial charge in [-0.05, 0) is 25.8 Å². The lowest BCUT2D eigenvalue weighted by molar-refractivity contribution is 0.726. The fourth-order valence-electron chi connectivity index (χ4n) is 2.23. The molecular formula is C13H23N5. The Morgan fingerprint density at radius 1 is 1.17 bits per heavy atom. The molecular weight excluding hydrogens is 226 g/mol. The van der Waals surface area contributed by atoms with Gasteiger partial charge in [-0.3, -0.25) is 0 Å². The minimum Gasteiger partial charge on any atom is -0.370 e. The molecule has 1 saturated heterocycles. The Hall–Kier alpha value is -1.36. The average molecular weight is 249 g/mol. The third kappa shape index (κ3) is 3.84. The molecule has 0 saturated carbocycles. The summed E-state index contributed by atoms with van der Waals surface area (Å²) in [5.41, 5.74) is 5.48. The summed E-state index contributed by atoms with van der Waals surface area (Å²) in [6, 6.07) is 2.04. The minimum absolute atomic E-state index is 0.705. The number of rotatable bonds is 5. The first kappa shape index (κ1) is 13.1. The quantitative estimate of drug-likeness (QED) is 0.776. The summed E-state index contributed by atoms with van der Waals surface area (Å²) in [5, 5.41) is 3.28. The number of nitrogens with two attached hydrogens (primary N) is 1. The number of aromatic nitrogens is 2. The first-order chi connectivity index (χ1) is 8.90. The van der Waals surface area contributed by atoms with Gasteiger partial charge in [-0.2, -0.15) is 0 Å². The van der Waals surface area contributed by atoms with Crippen molar-refractivity contribution in [3.05, 3.63) is 12.4 Å². The number of nitrogens with one attached hydrogen (secondary N) is 1. The van der Waals surface area contributed by atoms with Crippen LogP contribution in [0.3, 0.4) is 0 Å². The minimum atomic E-state index is 0.705. The Labute approximate surface area is 109 Å². The molecule has 0 unspecified atom stereocenters. The van der Waals surface area contributed by atoms with Crippen molar-refractivity contribution in [3.63, 3.8) is 0 Å². The van der Waals surface area contributed by atoms with E-state index in [2.05, 4.69) is 20.2 Å². The molecule has 1 fully saturated rings. The third-order valence-corrected chi connectivity index (χ3v) is 3.27. The molecule has 1 aliphatic rings. The normalized spacial score (nSPS) is 16.4. The fraction of sp³-hybridized carbons (Fsp3) is 0.692. The summed E-state index contributed by atoms with van der Waals surface area (Å²) < 4.78 is 0. The number of hydrogen-bond donors (Lipinski definition) is 2. The molecule has 0 amide bonds. The van der Waals surface area contributed by atoms with Gasteiger partial charge in [0.1, 0.15) is 18.0 Å². The largest absolute Gasteiger partial charge is 0.370 e. The van der Waals surface area contributed by atoms with E-state index in [0.717, 1.165) is 37.7 Å². The van der Waals surface area contributed by atoms with Crippen molar-refractivity contribution in [1.82, 2.24) is 9.97 Å². The molecule has 3 N–H and O–H groups in total. The van der Waals surface area contributed by atoms with Crippen LogP contribution in [0, 0.1) is 0 Å². The summed E-state index contributed by atoms with van der Waals surface area (Å²) in [4.78, 5) is 11.0. The molecule has 0 radical (unpaired) electrons. The number of nitrogens with zero attached hydrogens (tertiary/aromatic N) is 3. The van der Waals surface area contributed by atoms with E-state index >= 15 is 0 Å². The van der Waals surface area contributed by atoms with Crippen LogP contribution in [0.5, 0.6) is 0 Å². The van der Waals surface area contributed by atoms with E-state index in [4.69, 9.17) is 5.73 Å². The number of anilines is 2. The first-order valence-electron chi connectivity index (χ1n) is 6.91. The second kappa shape index (κ2) is 7.16.